The second kappa shape index (κ2) is 7.20. The van der Waals surface area contributed by atoms with E-state index in [0.717, 1.165) is 11.1 Å². The summed E-state index contributed by atoms with van der Waals surface area (Å²) < 4.78 is 5.64. The fourth-order valence-electron chi connectivity index (χ4n) is 4.08. The number of benzene rings is 2. The highest BCUT2D eigenvalue weighted by atomic mass is 16.5. The maximum atomic E-state index is 13.4. The van der Waals surface area contributed by atoms with Crippen LogP contribution in [0.1, 0.15) is 34.3 Å². The van der Waals surface area contributed by atoms with Crippen molar-refractivity contribution in [3.05, 3.63) is 77.9 Å². The summed E-state index contributed by atoms with van der Waals surface area (Å²) >= 11 is 0. The van der Waals surface area contributed by atoms with Gasteiger partial charge in [-0.05, 0) is 24.6 Å². The zero-order valence-corrected chi connectivity index (χ0v) is 16.3. The molecule has 2 aliphatic heterocycles. The maximum Gasteiger partial charge on any atom is 0.354 e. The van der Waals surface area contributed by atoms with Crippen LogP contribution in [0, 0.1) is 6.92 Å². The molecule has 4 rings (SSSR count). The molecular weight excluding hydrogens is 368 g/mol. The van der Waals surface area contributed by atoms with Crippen molar-refractivity contribution in [3.8, 4) is 0 Å². The number of aryl methyl sites for hydroxylation is 1. The van der Waals surface area contributed by atoms with Crippen molar-refractivity contribution in [2.24, 2.45) is 0 Å². The summed E-state index contributed by atoms with van der Waals surface area (Å²) in [5.41, 5.74) is 1.31. The summed E-state index contributed by atoms with van der Waals surface area (Å²) in [4.78, 5) is 42.2. The van der Waals surface area contributed by atoms with Gasteiger partial charge < -0.3 is 9.64 Å². The van der Waals surface area contributed by atoms with Crippen LogP contribution in [-0.4, -0.2) is 34.9 Å². The SMILES string of the molecule is C=CCN1C(=O)c2ccccc2N2C(=O)CC[C@]12C(=O)OCc1ccc(C)cc1. The van der Waals surface area contributed by atoms with Crippen molar-refractivity contribution in [2.45, 2.75) is 32.0 Å². The predicted molar refractivity (Wildman–Crippen MR) is 108 cm³/mol. The first-order valence-electron chi connectivity index (χ1n) is 9.57. The molecule has 6 nitrogen and oxygen atoms in total. The molecular formula is C23H22N2O4. The molecule has 0 aliphatic carbocycles. The number of hydrogen-bond donors (Lipinski definition) is 0. The van der Waals surface area contributed by atoms with Gasteiger partial charge in [0.15, 0.2) is 0 Å². The summed E-state index contributed by atoms with van der Waals surface area (Å²) in [6.07, 6.45) is 1.91. The smallest absolute Gasteiger partial charge is 0.354 e. The third-order valence-corrected chi connectivity index (χ3v) is 5.50. The van der Waals surface area contributed by atoms with Crippen LogP contribution >= 0.6 is 0 Å². The quantitative estimate of drug-likeness (QED) is 0.581. The summed E-state index contributed by atoms with van der Waals surface area (Å²) in [6, 6.07) is 14.5. The van der Waals surface area contributed by atoms with Crippen molar-refractivity contribution in [1.82, 2.24) is 4.90 Å². The Morgan fingerprint density at radius 2 is 1.90 bits per heavy atom. The molecule has 2 aromatic rings. The minimum absolute atomic E-state index is 0.0701. The molecule has 0 radical (unpaired) electrons. The first-order valence-corrected chi connectivity index (χ1v) is 9.57. The number of nitrogens with zero attached hydrogens (tertiary/aromatic N) is 2. The zero-order chi connectivity index (χ0) is 20.6. The lowest BCUT2D eigenvalue weighted by Gasteiger charge is -2.48. The number of carbonyl (C=O) groups is 3. The van der Waals surface area contributed by atoms with Crippen LogP contribution < -0.4 is 4.90 Å². The Labute approximate surface area is 169 Å². The molecule has 6 heteroatoms. The molecule has 2 amide bonds. The third kappa shape index (κ3) is 2.92. The lowest BCUT2D eigenvalue weighted by atomic mass is 9.96. The van der Waals surface area contributed by atoms with Crippen LogP contribution in [0.2, 0.25) is 0 Å². The fourth-order valence-corrected chi connectivity index (χ4v) is 4.08. The Hall–Kier alpha value is -3.41. The molecule has 1 saturated heterocycles. The Morgan fingerprint density at radius 1 is 1.17 bits per heavy atom. The van der Waals surface area contributed by atoms with Gasteiger partial charge in [0.2, 0.25) is 11.6 Å². The highest BCUT2D eigenvalue weighted by molar-refractivity contribution is 6.15. The highest BCUT2D eigenvalue weighted by Gasteiger charge is 2.61. The molecule has 0 aromatic heterocycles. The van der Waals surface area contributed by atoms with Crippen LogP contribution in [0.4, 0.5) is 5.69 Å². The van der Waals surface area contributed by atoms with Gasteiger partial charge >= 0.3 is 5.97 Å². The van der Waals surface area contributed by atoms with E-state index in [1.54, 1.807) is 30.3 Å². The number of ether oxygens (including phenoxy) is 1. The Kier molecular flexibility index (Phi) is 4.70. The number of amides is 2. The van der Waals surface area contributed by atoms with Gasteiger partial charge in [-0.3, -0.25) is 14.5 Å². The minimum atomic E-state index is -1.48. The first-order chi connectivity index (χ1) is 14.0. The van der Waals surface area contributed by atoms with Crippen LogP contribution in [-0.2, 0) is 20.9 Å². The van der Waals surface area contributed by atoms with E-state index in [0.29, 0.717) is 11.3 Å². The summed E-state index contributed by atoms with van der Waals surface area (Å²) in [5.74, 6) is -1.11. The highest BCUT2D eigenvalue weighted by Crippen LogP contribution is 2.45. The number of rotatable bonds is 5. The number of anilines is 1. The van der Waals surface area contributed by atoms with Crippen LogP contribution in [0.5, 0.6) is 0 Å². The van der Waals surface area contributed by atoms with Gasteiger partial charge in [-0.25, -0.2) is 4.79 Å². The maximum absolute atomic E-state index is 13.4. The summed E-state index contributed by atoms with van der Waals surface area (Å²) in [5, 5.41) is 0. The normalized spacial score (nSPS) is 20.3. The monoisotopic (exact) mass is 390 g/mol. The molecule has 0 bridgehead atoms. The molecule has 148 valence electrons. The largest absolute Gasteiger partial charge is 0.458 e. The average Bonchev–Trinajstić information content (AvgIpc) is 3.09. The molecule has 2 heterocycles. The topological polar surface area (TPSA) is 66.9 Å². The minimum Gasteiger partial charge on any atom is -0.458 e. The lowest BCUT2D eigenvalue weighted by Crippen LogP contribution is -2.68. The van der Waals surface area contributed by atoms with Crippen LogP contribution in [0.15, 0.2) is 61.2 Å². The van der Waals surface area contributed by atoms with E-state index in [1.165, 1.54) is 9.80 Å². The van der Waals surface area contributed by atoms with Crippen molar-refractivity contribution in [1.29, 1.82) is 0 Å². The number of hydrogen-bond acceptors (Lipinski definition) is 4. The van der Waals surface area contributed by atoms with Crippen molar-refractivity contribution < 1.29 is 19.1 Å². The van der Waals surface area contributed by atoms with Crippen LogP contribution in [0.25, 0.3) is 0 Å². The van der Waals surface area contributed by atoms with E-state index in [-0.39, 0.29) is 37.8 Å². The van der Waals surface area contributed by atoms with E-state index in [4.69, 9.17) is 4.74 Å². The zero-order valence-electron chi connectivity index (χ0n) is 16.3. The van der Waals surface area contributed by atoms with E-state index in [2.05, 4.69) is 6.58 Å². The fraction of sp³-hybridized carbons (Fsp3) is 0.261. The number of fused-ring (bicyclic) bond motifs is 3. The lowest BCUT2D eigenvalue weighted by molar-refractivity contribution is -0.158. The molecule has 2 aromatic carbocycles. The molecule has 0 N–H and O–H groups in total. The van der Waals surface area contributed by atoms with Crippen molar-refractivity contribution in [2.75, 3.05) is 11.4 Å². The van der Waals surface area contributed by atoms with Gasteiger partial charge in [0, 0.05) is 19.4 Å². The van der Waals surface area contributed by atoms with E-state index < -0.39 is 11.6 Å². The van der Waals surface area contributed by atoms with Crippen molar-refractivity contribution in [3.63, 3.8) is 0 Å². The van der Waals surface area contributed by atoms with Crippen molar-refractivity contribution >= 4 is 23.5 Å². The number of carbonyl (C=O) groups excluding carboxylic acids is 3. The first kappa shape index (κ1) is 18.9. The molecule has 2 aliphatic rings. The van der Waals surface area contributed by atoms with E-state index >= 15 is 0 Å². The molecule has 0 spiro atoms. The second-order valence-corrected chi connectivity index (χ2v) is 7.33. The molecule has 0 unspecified atom stereocenters. The van der Waals surface area contributed by atoms with Gasteiger partial charge in [-0.1, -0.05) is 48.0 Å². The van der Waals surface area contributed by atoms with Gasteiger partial charge in [-0.15, -0.1) is 6.58 Å². The van der Waals surface area contributed by atoms with Gasteiger partial charge in [0.05, 0.1) is 11.3 Å². The average molecular weight is 390 g/mol. The van der Waals surface area contributed by atoms with Gasteiger partial charge in [-0.2, -0.15) is 0 Å². The second-order valence-electron chi connectivity index (χ2n) is 7.33. The Morgan fingerprint density at radius 3 is 2.62 bits per heavy atom. The van der Waals surface area contributed by atoms with Gasteiger partial charge in [0.25, 0.3) is 5.91 Å². The predicted octanol–water partition coefficient (Wildman–Crippen LogP) is 3.20. The van der Waals surface area contributed by atoms with E-state index in [1.807, 2.05) is 31.2 Å². The Bertz CT molecular complexity index is 998. The summed E-state index contributed by atoms with van der Waals surface area (Å²) in [7, 11) is 0. The molecule has 29 heavy (non-hydrogen) atoms. The summed E-state index contributed by atoms with van der Waals surface area (Å²) in [6.45, 7) is 5.91. The van der Waals surface area contributed by atoms with E-state index in [9.17, 15) is 14.4 Å². The number of esters is 1. The molecule has 1 fully saturated rings. The third-order valence-electron chi connectivity index (χ3n) is 5.50. The van der Waals surface area contributed by atoms with Gasteiger partial charge in [0.1, 0.15) is 6.61 Å². The Balaban J connectivity index is 1.74. The van der Waals surface area contributed by atoms with Crippen LogP contribution in [0.3, 0.4) is 0 Å². The molecule has 0 saturated carbocycles. The number of para-hydroxylation sites is 1. The molecule has 1 atom stereocenters. The standard InChI is InChI=1S/C23H22N2O4/c1-3-14-24-21(27)18-6-4-5-7-19(18)25-20(26)12-13-23(24,25)22(28)29-15-17-10-8-16(2)9-11-17/h3-11H,1,12-15H2,2H3/t23-/m0/s1.